The van der Waals surface area contributed by atoms with Crippen LogP contribution in [0.15, 0.2) is 82.2 Å². The van der Waals surface area contributed by atoms with Gasteiger partial charge in [0.05, 0.1) is 17.1 Å². The number of rotatable bonds is 9. The lowest BCUT2D eigenvalue weighted by molar-refractivity contribution is -0.119. The molecule has 3 rings (SSSR count). The number of ether oxygens (including phenoxy) is 1. The Bertz CT molecular complexity index is 1190. The van der Waals surface area contributed by atoms with Gasteiger partial charge in [0, 0.05) is 9.50 Å². The molecule has 3 aromatic rings. The predicted octanol–water partition coefficient (Wildman–Crippen LogP) is 4.80. The molecular formula is C23H22BrClN2O4S. The Balaban J connectivity index is 1.68. The van der Waals surface area contributed by atoms with Gasteiger partial charge in [-0.05, 0) is 55.0 Å². The minimum Gasteiger partial charge on any atom is -0.492 e. The summed E-state index contributed by atoms with van der Waals surface area (Å²) in [5.74, 6) is 0.146. The van der Waals surface area contributed by atoms with Crippen LogP contribution in [0, 0.1) is 6.92 Å². The Morgan fingerprint density at radius 2 is 1.81 bits per heavy atom. The van der Waals surface area contributed by atoms with Crippen molar-refractivity contribution in [3.8, 4) is 5.75 Å². The van der Waals surface area contributed by atoms with Crippen molar-refractivity contribution in [2.45, 2.75) is 11.8 Å². The van der Waals surface area contributed by atoms with Gasteiger partial charge >= 0.3 is 0 Å². The molecule has 0 radical (unpaired) electrons. The highest BCUT2D eigenvalue weighted by molar-refractivity contribution is 9.10. The number of sulfonamides is 1. The third-order valence-electron chi connectivity index (χ3n) is 4.55. The minimum atomic E-state index is -3.94. The van der Waals surface area contributed by atoms with E-state index in [0.29, 0.717) is 20.9 Å². The standard InChI is InChI=1S/C23H22BrClN2O4S/c1-17-10-11-20(15-22(17)25)31-13-12-26-23(28)16-27(19-7-5-6-18(24)14-19)32(29,30)21-8-3-2-4-9-21/h2-11,14-15H,12-13,16H2,1H3,(H,26,28). The molecule has 9 heteroatoms. The van der Waals surface area contributed by atoms with E-state index >= 15 is 0 Å². The van der Waals surface area contributed by atoms with E-state index in [-0.39, 0.29) is 24.6 Å². The Morgan fingerprint density at radius 1 is 1.06 bits per heavy atom. The van der Waals surface area contributed by atoms with Crippen molar-refractivity contribution < 1.29 is 17.9 Å². The van der Waals surface area contributed by atoms with Crippen molar-refractivity contribution in [1.29, 1.82) is 0 Å². The second-order valence-electron chi connectivity index (χ2n) is 6.91. The summed E-state index contributed by atoms with van der Waals surface area (Å²) in [5, 5.41) is 3.30. The van der Waals surface area contributed by atoms with Gasteiger partial charge in [0.15, 0.2) is 0 Å². The van der Waals surface area contributed by atoms with Crippen molar-refractivity contribution >= 4 is 49.1 Å². The number of aryl methyl sites for hydroxylation is 1. The molecular weight excluding hydrogens is 516 g/mol. The first kappa shape index (κ1) is 24.1. The number of carbonyl (C=O) groups excluding carboxylic acids is 1. The van der Waals surface area contributed by atoms with E-state index in [1.54, 1.807) is 54.6 Å². The molecule has 1 N–H and O–H groups in total. The molecule has 0 saturated heterocycles. The lowest BCUT2D eigenvalue weighted by Crippen LogP contribution is -2.41. The second-order valence-corrected chi connectivity index (χ2v) is 10.1. The Morgan fingerprint density at radius 3 is 2.50 bits per heavy atom. The van der Waals surface area contributed by atoms with Crippen LogP contribution in [0.5, 0.6) is 5.75 Å². The number of nitrogens with one attached hydrogen (secondary N) is 1. The van der Waals surface area contributed by atoms with E-state index in [2.05, 4.69) is 21.2 Å². The van der Waals surface area contributed by atoms with E-state index in [1.165, 1.54) is 12.1 Å². The number of hydrogen-bond acceptors (Lipinski definition) is 4. The van der Waals surface area contributed by atoms with Crippen LogP contribution in [0.3, 0.4) is 0 Å². The fourth-order valence-electron chi connectivity index (χ4n) is 2.88. The smallest absolute Gasteiger partial charge is 0.264 e. The van der Waals surface area contributed by atoms with Crippen LogP contribution >= 0.6 is 27.5 Å². The molecule has 6 nitrogen and oxygen atoms in total. The molecule has 3 aromatic carbocycles. The van der Waals surface area contributed by atoms with Gasteiger partial charge in [-0.1, -0.05) is 57.9 Å². The Hall–Kier alpha value is -2.55. The molecule has 0 fully saturated rings. The van der Waals surface area contributed by atoms with Crippen molar-refractivity contribution in [1.82, 2.24) is 5.32 Å². The molecule has 0 aliphatic heterocycles. The summed E-state index contributed by atoms with van der Waals surface area (Å²) in [6, 6.07) is 20.2. The van der Waals surface area contributed by atoms with Gasteiger partial charge in [-0.2, -0.15) is 0 Å². The zero-order valence-corrected chi connectivity index (χ0v) is 20.5. The highest BCUT2D eigenvalue weighted by Crippen LogP contribution is 2.26. The minimum absolute atomic E-state index is 0.104. The number of hydrogen-bond donors (Lipinski definition) is 1. The Kier molecular flexibility index (Phi) is 8.17. The molecule has 0 aliphatic rings. The zero-order valence-electron chi connectivity index (χ0n) is 17.3. The van der Waals surface area contributed by atoms with Crippen LogP contribution in [-0.4, -0.2) is 34.0 Å². The number of anilines is 1. The first-order valence-corrected chi connectivity index (χ1v) is 12.4. The maximum atomic E-state index is 13.2. The molecule has 0 aliphatic carbocycles. The van der Waals surface area contributed by atoms with Crippen LogP contribution in [0.4, 0.5) is 5.69 Å². The molecule has 0 saturated carbocycles. The molecule has 0 heterocycles. The first-order valence-electron chi connectivity index (χ1n) is 9.76. The van der Waals surface area contributed by atoms with E-state index in [4.69, 9.17) is 16.3 Å². The molecule has 0 atom stereocenters. The van der Waals surface area contributed by atoms with Gasteiger partial charge in [-0.15, -0.1) is 0 Å². The van der Waals surface area contributed by atoms with E-state index in [0.717, 1.165) is 9.87 Å². The predicted molar refractivity (Wildman–Crippen MR) is 130 cm³/mol. The highest BCUT2D eigenvalue weighted by atomic mass is 79.9. The van der Waals surface area contributed by atoms with Crippen molar-refractivity contribution in [2.75, 3.05) is 24.0 Å². The fourth-order valence-corrected chi connectivity index (χ4v) is 4.87. The van der Waals surface area contributed by atoms with Gasteiger partial charge in [-0.25, -0.2) is 8.42 Å². The lowest BCUT2D eigenvalue weighted by atomic mass is 10.2. The summed E-state index contributed by atoms with van der Waals surface area (Å²) < 4.78 is 33.9. The van der Waals surface area contributed by atoms with Crippen molar-refractivity contribution in [2.24, 2.45) is 0 Å². The fraction of sp³-hybridized carbons (Fsp3) is 0.174. The van der Waals surface area contributed by atoms with Crippen LogP contribution in [0.25, 0.3) is 0 Å². The van der Waals surface area contributed by atoms with Gasteiger partial charge in [0.2, 0.25) is 5.91 Å². The topological polar surface area (TPSA) is 75.7 Å². The summed E-state index contributed by atoms with van der Waals surface area (Å²) in [6.45, 7) is 1.95. The summed E-state index contributed by atoms with van der Waals surface area (Å²) in [7, 11) is -3.94. The maximum Gasteiger partial charge on any atom is 0.264 e. The van der Waals surface area contributed by atoms with Crippen LogP contribution in [-0.2, 0) is 14.8 Å². The summed E-state index contributed by atoms with van der Waals surface area (Å²) in [5.41, 5.74) is 1.32. The quantitative estimate of drug-likeness (QED) is 0.398. The SMILES string of the molecule is Cc1ccc(OCCNC(=O)CN(c2cccc(Br)c2)S(=O)(=O)c2ccccc2)cc1Cl. The van der Waals surface area contributed by atoms with Crippen LogP contribution in [0.2, 0.25) is 5.02 Å². The summed E-state index contributed by atoms with van der Waals surface area (Å²) >= 11 is 9.44. The molecule has 32 heavy (non-hydrogen) atoms. The first-order chi connectivity index (χ1) is 15.3. The molecule has 0 unspecified atom stereocenters. The third-order valence-corrected chi connectivity index (χ3v) is 7.24. The number of benzene rings is 3. The monoisotopic (exact) mass is 536 g/mol. The van der Waals surface area contributed by atoms with Gasteiger partial charge in [-0.3, -0.25) is 9.10 Å². The van der Waals surface area contributed by atoms with E-state index < -0.39 is 15.9 Å². The molecule has 0 spiro atoms. The molecule has 1 amide bonds. The average Bonchev–Trinajstić information content (AvgIpc) is 2.78. The van der Waals surface area contributed by atoms with E-state index in [9.17, 15) is 13.2 Å². The second kappa shape index (κ2) is 10.8. The van der Waals surface area contributed by atoms with Gasteiger partial charge in [0.25, 0.3) is 10.0 Å². The number of carbonyl (C=O) groups is 1. The Labute approximate surface area is 201 Å². The third kappa shape index (κ3) is 6.25. The van der Waals surface area contributed by atoms with Crippen molar-refractivity contribution in [3.05, 3.63) is 87.9 Å². The van der Waals surface area contributed by atoms with Crippen LogP contribution in [0.1, 0.15) is 5.56 Å². The summed E-state index contributed by atoms with van der Waals surface area (Å²) in [6.07, 6.45) is 0. The molecule has 0 bridgehead atoms. The van der Waals surface area contributed by atoms with Crippen LogP contribution < -0.4 is 14.4 Å². The lowest BCUT2D eigenvalue weighted by Gasteiger charge is -2.24. The largest absolute Gasteiger partial charge is 0.492 e. The van der Waals surface area contributed by atoms with Gasteiger partial charge in [0.1, 0.15) is 18.9 Å². The van der Waals surface area contributed by atoms with Crippen molar-refractivity contribution in [3.63, 3.8) is 0 Å². The number of nitrogens with zero attached hydrogens (tertiary/aromatic N) is 1. The normalized spacial score (nSPS) is 11.1. The maximum absolute atomic E-state index is 13.2. The molecule has 168 valence electrons. The highest BCUT2D eigenvalue weighted by Gasteiger charge is 2.27. The van der Waals surface area contributed by atoms with E-state index in [1.807, 2.05) is 13.0 Å². The zero-order chi connectivity index (χ0) is 23.1. The average molecular weight is 538 g/mol. The number of halogens is 2. The summed E-state index contributed by atoms with van der Waals surface area (Å²) in [4.78, 5) is 12.7. The van der Waals surface area contributed by atoms with Gasteiger partial charge < -0.3 is 10.1 Å². The number of amides is 1. The molecule has 0 aromatic heterocycles.